The number of alkyl carbamates (subject to hydrolysis) is 1. The second kappa shape index (κ2) is 8.02. The average Bonchev–Trinajstić information content (AvgIpc) is 3.22. The third kappa shape index (κ3) is 4.14. The lowest BCUT2D eigenvalue weighted by atomic mass is 9.98. The molecule has 0 aromatic heterocycles. The van der Waals surface area contributed by atoms with Gasteiger partial charge in [-0.3, -0.25) is 0 Å². The lowest BCUT2D eigenvalue weighted by Crippen LogP contribution is -2.43. The molecule has 8 heteroatoms. The topological polar surface area (TPSA) is 84.9 Å². The Kier molecular flexibility index (Phi) is 5.42. The monoisotopic (exact) mass is 417 g/mol. The van der Waals surface area contributed by atoms with E-state index in [0.29, 0.717) is 0 Å². The van der Waals surface area contributed by atoms with Crippen LogP contribution in [0.4, 0.5) is 13.6 Å². The molecule has 0 spiro atoms. The molecule has 0 bridgehead atoms. The number of alkyl halides is 2. The van der Waals surface area contributed by atoms with E-state index in [2.05, 4.69) is 5.32 Å². The number of halogens is 2. The van der Waals surface area contributed by atoms with Gasteiger partial charge in [0.15, 0.2) is 0 Å². The van der Waals surface area contributed by atoms with Crippen LogP contribution in [0.3, 0.4) is 0 Å². The van der Waals surface area contributed by atoms with Crippen LogP contribution in [0.1, 0.15) is 29.9 Å². The molecule has 2 aliphatic rings. The number of rotatable bonds is 6. The molecule has 2 atom stereocenters. The molecule has 4 rings (SSSR count). The molecular weight excluding hydrogens is 396 g/mol. The van der Waals surface area contributed by atoms with Crippen molar-refractivity contribution in [1.29, 1.82) is 0 Å². The number of carboxylic acid groups (broad SMARTS) is 1. The van der Waals surface area contributed by atoms with E-state index in [0.717, 1.165) is 22.3 Å². The van der Waals surface area contributed by atoms with Gasteiger partial charge in [0, 0.05) is 18.8 Å². The third-order valence-electron chi connectivity index (χ3n) is 5.49. The van der Waals surface area contributed by atoms with Crippen LogP contribution in [0.5, 0.6) is 0 Å². The number of hydrogen-bond donors (Lipinski definition) is 2. The van der Waals surface area contributed by atoms with Crippen molar-refractivity contribution in [3.63, 3.8) is 0 Å². The summed E-state index contributed by atoms with van der Waals surface area (Å²) in [6, 6.07) is 14.3. The Labute approximate surface area is 171 Å². The van der Waals surface area contributed by atoms with Crippen molar-refractivity contribution >= 4 is 12.1 Å². The molecule has 2 unspecified atom stereocenters. The first kappa shape index (κ1) is 20.3. The summed E-state index contributed by atoms with van der Waals surface area (Å²) in [7, 11) is 0. The summed E-state index contributed by atoms with van der Waals surface area (Å²) in [6.07, 6.45) is -2.66. The molecule has 0 radical (unpaired) electrons. The van der Waals surface area contributed by atoms with E-state index < -0.39 is 43.2 Å². The maximum absolute atomic E-state index is 13.3. The summed E-state index contributed by atoms with van der Waals surface area (Å²) in [6.45, 7) is -0.709. The van der Waals surface area contributed by atoms with Crippen LogP contribution in [0, 0.1) is 0 Å². The predicted molar refractivity (Wildman–Crippen MR) is 104 cm³/mol. The number of carboxylic acids is 1. The van der Waals surface area contributed by atoms with Crippen LogP contribution in [0.25, 0.3) is 11.1 Å². The number of hydrogen-bond acceptors (Lipinski definition) is 4. The summed E-state index contributed by atoms with van der Waals surface area (Å²) in [5.74, 6) is -4.47. The number of carbonyl (C=O) groups is 2. The lowest BCUT2D eigenvalue weighted by molar-refractivity contribution is -0.140. The second-order valence-electron chi connectivity index (χ2n) is 7.59. The summed E-state index contributed by atoms with van der Waals surface area (Å²) in [5.41, 5.74) is 4.21. The molecule has 1 aliphatic heterocycles. The van der Waals surface area contributed by atoms with Gasteiger partial charge in [0.2, 0.25) is 0 Å². The molecule has 0 saturated carbocycles. The van der Waals surface area contributed by atoms with Gasteiger partial charge in [-0.25, -0.2) is 18.4 Å². The number of amides is 1. The number of fused-ring (bicyclic) bond motifs is 3. The standard InChI is InChI=1S/C22H21F2NO5/c23-22(24)10-13(30-12-22)9-19(20(26)27)25-21(28)29-11-18-16-7-3-1-5-14(16)15-6-2-4-8-17(15)18/h1-8,13,18-19H,9-12H2,(H,25,28)(H,26,27). The van der Waals surface area contributed by atoms with Gasteiger partial charge in [-0.2, -0.15) is 0 Å². The fraction of sp³-hybridized carbons (Fsp3) is 0.364. The minimum Gasteiger partial charge on any atom is -0.480 e. The molecule has 6 nitrogen and oxygen atoms in total. The Morgan fingerprint density at radius 3 is 2.27 bits per heavy atom. The first-order chi connectivity index (χ1) is 14.3. The molecule has 30 heavy (non-hydrogen) atoms. The normalized spacial score (nSPS) is 20.3. The second-order valence-corrected chi connectivity index (χ2v) is 7.59. The molecule has 2 aromatic rings. The summed E-state index contributed by atoms with van der Waals surface area (Å²) in [5, 5.41) is 11.6. The summed E-state index contributed by atoms with van der Waals surface area (Å²) in [4.78, 5) is 23.7. The number of benzene rings is 2. The maximum Gasteiger partial charge on any atom is 0.407 e. The van der Waals surface area contributed by atoms with Gasteiger partial charge >= 0.3 is 12.1 Å². The van der Waals surface area contributed by atoms with E-state index in [4.69, 9.17) is 9.47 Å². The highest BCUT2D eigenvalue weighted by atomic mass is 19.3. The van der Waals surface area contributed by atoms with Crippen LogP contribution < -0.4 is 5.32 Å². The summed E-state index contributed by atoms with van der Waals surface area (Å²) < 4.78 is 36.8. The van der Waals surface area contributed by atoms with Crippen molar-refractivity contribution in [2.75, 3.05) is 13.2 Å². The molecule has 2 aromatic carbocycles. The molecule has 1 amide bonds. The van der Waals surface area contributed by atoms with Gasteiger partial charge in [-0.1, -0.05) is 48.5 Å². The highest BCUT2D eigenvalue weighted by Crippen LogP contribution is 2.44. The highest BCUT2D eigenvalue weighted by Gasteiger charge is 2.42. The van der Waals surface area contributed by atoms with E-state index in [-0.39, 0.29) is 18.9 Å². The quantitative estimate of drug-likeness (QED) is 0.747. The number of carbonyl (C=O) groups excluding carboxylic acids is 1. The van der Waals surface area contributed by atoms with Gasteiger partial charge in [0.25, 0.3) is 5.92 Å². The zero-order valence-corrected chi connectivity index (χ0v) is 16.0. The number of aliphatic carboxylic acids is 1. The molecular formula is C22H21F2NO5. The first-order valence-electron chi connectivity index (χ1n) is 9.68. The molecule has 1 saturated heterocycles. The Bertz CT molecular complexity index is 919. The van der Waals surface area contributed by atoms with E-state index in [1.54, 1.807) is 0 Å². The fourth-order valence-corrected chi connectivity index (χ4v) is 4.11. The predicted octanol–water partition coefficient (Wildman–Crippen LogP) is 3.79. The van der Waals surface area contributed by atoms with Gasteiger partial charge in [0.05, 0.1) is 6.10 Å². The SMILES string of the molecule is O=C(NC(CC1CC(F)(F)CO1)C(=O)O)OCC1c2ccccc2-c2ccccc21. The number of nitrogens with one attached hydrogen (secondary N) is 1. The van der Waals surface area contributed by atoms with Crippen molar-refractivity contribution in [3.8, 4) is 11.1 Å². The van der Waals surface area contributed by atoms with Gasteiger partial charge in [0.1, 0.15) is 19.3 Å². The Morgan fingerprint density at radius 1 is 1.13 bits per heavy atom. The van der Waals surface area contributed by atoms with Crippen molar-refractivity contribution in [2.24, 2.45) is 0 Å². The minimum absolute atomic E-state index is 0.0319. The Balaban J connectivity index is 1.39. The molecule has 158 valence electrons. The van der Waals surface area contributed by atoms with E-state index in [1.165, 1.54) is 0 Å². The van der Waals surface area contributed by atoms with Crippen molar-refractivity contribution in [2.45, 2.75) is 36.8 Å². The lowest BCUT2D eigenvalue weighted by Gasteiger charge is -2.19. The van der Waals surface area contributed by atoms with Crippen LogP contribution in [0.15, 0.2) is 48.5 Å². The number of ether oxygens (including phenoxy) is 2. The zero-order valence-electron chi connectivity index (χ0n) is 16.0. The largest absolute Gasteiger partial charge is 0.480 e. The smallest absolute Gasteiger partial charge is 0.407 e. The zero-order chi connectivity index (χ0) is 21.3. The third-order valence-corrected chi connectivity index (χ3v) is 5.49. The molecule has 1 aliphatic carbocycles. The van der Waals surface area contributed by atoms with Crippen LogP contribution in [-0.2, 0) is 14.3 Å². The molecule has 1 fully saturated rings. The Hall–Kier alpha value is -3.00. The highest BCUT2D eigenvalue weighted by molar-refractivity contribution is 5.81. The van der Waals surface area contributed by atoms with E-state index in [9.17, 15) is 23.5 Å². The Morgan fingerprint density at radius 2 is 1.73 bits per heavy atom. The van der Waals surface area contributed by atoms with Gasteiger partial charge < -0.3 is 19.9 Å². The molecule has 1 heterocycles. The van der Waals surface area contributed by atoms with Crippen LogP contribution >= 0.6 is 0 Å². The molecule has 2 N–H and O–H groups in total. The van der Waals surface area contributed by atoms with E-state index in [1.807, 2.05) is 48.5 Å². The van der Waals surface area contributed by atoms with Crippen molar-refractivity contribution in [1.82, 2.24) is 5.32 Å². The van der Waals surface area contributed by atoms with Gasteiger partial charge in [-0.05, 0) is 22.3 Å². The van der Waals surface area contributed by atoms with Crippen LogP contribution in [-0.4, -0.2) is 48.5 Å². The minimum atomic E-state index is -2.97. The van der Waals surface area contributed by atoms with Crippen molar-refractivity contribution < 1.29 is 33.0 Å². The van der Waals surface area contributed by atoms with Gasteiger partial charge in [-0.15, -0.1) is 0 Å². The summed E-state index contributed by atoms with van der Waals surface area (Å²) >= 11 is 0. The first-order valence-corrected chi connectivity index (χ1v) is 9.68. The average molecular weight is 417 g/mol. The van der Waals surface area contributed by atoms with Crippen molar-refractivity contribution in [3.05, 3.63) is 59.7 Å². The maximum atomic E-state index is 13.3. The van der Waals surface area contributed by atoms with E-state index >= 15 is 0 Å². The van der Waals surface area contributed by atoms with Crippen LogP contribution in [0.2, 0.25) is 0 Å². The fourth-order valence-electron chi connectivity index (χ4n) is 4.11.